The fraction of sp³-hybridized carbons (Fsp3) is 0.400. The molecule has 0 spiro atoms. The zero-order chi connectivity index (χ0) is 31.4. The largest absolute Gasteiger partial charge is 0.372 e. The molecular weight excluding hydrogens is 605 g/mol. The second kappa shape index (κ2) is 17.2. The Bertz CT molecular complexity index is 1510. The minimum Gasteiger partial charge on any atom is -0.372 e. The molecule has 238 valence electrons. The van der Waals surface area contributed by atoms with Gasteiger partial charge in [-0.05, 0) is 85.4 Å². The third kappa shape index (κ3) is 9.12. The molecule has 0 N–H and O–H groups in total. The number of unbranched alkanes of at least 4 members (excludes halogenated alkanes) is 4. The van der Waals surface area contributed by atoms with Crippen molar-refractivity contribution in [1.82, 2.24) is 0 Å². The molecule has 0 amide bonds. The summed E-state index contributed by atoms with van der Waals surface area (Å²) < 4.78 is 5.67. The van der Waals surface area contributed by atoms with E-state index >= 15 is 0 Å². The maximum atomic E-state index is 2.55. The van der Waals surface area contributed by atoms with Crippen LogP contribution in [0.25, 0.3) is 43.1 Å². The van der Waals surface area contributed by atoms with Crippen molar-refractivity contribution in [2.45, 2.75) is 79.1 Å². The molecule has 0 saturated heterocycles. The third-order valence-corrected chi connectivity index (χ3v) is 12.1. The number of thiophene rings is 3. The van der Waals surface area contributed by atoms with Gasteiger partial charge in [-0.25, -0.2) is 0 Å². The summed E-state index contributed by atoms with van der Waals surface area (Å²) in [6.07, 6.45) is 19.1. The van der Waals surface area contributed by atoms with Crippen LogP contribution in [0.5, 0.6) is 0 Å². The van der Waals surface area contributed by atoms with Gasteiger partial charge >= 0.3 is 0 Å². The second-order valence-electron chi connectivity index (χ2n) is 12.0. The van der Waals surface area contributed by atoms with Crippen LogP contribution < -0.4 is 9.80 Å². The molecule has 45 heavy (non-hydrogen) atoms. The van der Waals surface area contributed by atoms with Crippen molar-refractivity contribution in [3.8, 4) is 0 Å². The summed E-state index contributed by atoms with van der Waals surface area (Å²) in [5, 5.41) is 0. The summed E-state index contributed by atoms with van der Waals surface area (Å²) in [5.74, 6) is 0. The first-order chi connectivity index (χ1) is 22.1. The molecule has 2 nitrogen and oxygen atoms in total. The van der Waals surface area contributed by atoms with E-state index < -0.39 is 0 Å². The Morgan fingerprint density at radius 3 is 1.16 bits per heavy atom. The third-order valence-electron chi connectivity index (χ3n) is 8.38. The molecule has 0 unspecified atom stereocenters. The van der Waals surface area contributed by atoms with Crippen LogP contribution in [0.1, 0.15) is 99.9 Å². The molecule has 0 fully saturated rings. The Morgan fingerprint density at radius 2 is 0.822 bits per heavy atom. The van der Waals surface area contributed by atoms with Gasteiger partial charge < -0.3 is 9.80 Å². The molecule has 5 aromatic rings. The Hall–Kier alpha value is -2.86. The lowest BCUT2D eigenvalue weighted by Gasteiger charge is -2.24. The molecule has 0 aliphatic heterocycles. The molecule has 0 atom stereocenters. The van der Waals surface area contributed by atoms with Gasteiger partial charge in [0, 0.05) is 56.7 Å². The lowest BCUT2D eigenvalue weighted by Crippen LogP contribution is -2.25. The zero-order valence-corrected chi connectivity index (χ0v) is 30.1. The van der Waals surface area contributed by atoms with E-state index in [0.29, 0.717) is 0 Å². The lowest BCUT2D eigenvalue weighted by atomic mass is 10.1. The van der Waals surface area contributed by atoms with Gasteiger partial charge in [0.25, 0.3) is 0 Å². The normalized spacial score (nSPS) is 12.0. The smallest absolute Gasteiger partial charge is 0.0635 e. The van der Waals surface area contributed by atoms with Gasteiger partial charge in [0.15, 0.2) is 0 Å². The molecular formula is C40H50N2S3. The van der Waals surface area contributed by atoms with Gasteiger partial charge in [-0.2, -0.15) is 0 Å². The molecule has 3 aromatic heterocycles. The van der Waals surface area contributed by atoms with Gasteiger partial charge in [-0.15, -0.1) is 34.0 Å². The van der Waals surface area contributed by atoms with E-state index in [-0.39, 0.29) is 0 Å². The summed E-state index contributed by atoms with van der Waals surface area (Å²) in [4.78, 5) is 7.76. The average Bonchev–Trinajstić information content (AvgIpc) is 3.74. The first-order valence-electron chi connectivity index (χ1n) is 17.1. The van der Waals surface area contributed by atoms with E-state index in [2.05, 4.69) is 122 Å². The molecule has 0 aliphatic rings. The van der Waals surface area contributed by atoms with E-state index in [4.69, 9.17) is 0 Å². The highest BCUT2D eigenvalue weighted by atomic mass is 32.1. The van der Waals surface area contributed by atoms with E-state index in [9.17, 15) is 0 Å². The summed E-state index contributed by atoms with van der Waals surface area (Å²) >= 11 is 5.76. The minimum atomic E-state index is 1.15. The van der Waals surface area contributed by atoms with Crippen LogP contribution in [0.15, 0.2) is 60.7 Å². The minimum absolute atomic E-state index is 1.15. The van der Waals surface area contributed by atoms with Gasteiger partial charge in [0.2, 0.25) is 0 Å². The van der Waals surface area contributed by atoms with Crippen molar-refractivity contribution < 1.29 is 0 Å². The second-order valence-corrected chi connectivity index (χ2v) is 15.3. The van der Waals surface area contributed by atoms with Crippen LogP contribution >= 0.6 is 34.0 Å². The van der Waals surface area contributed by atoms with Gasteiger partial charge in [0.1, 0.15) is 0 Å². The van der Waals surface area contributed by atoms with E-state index in [0.717, 1.165) is 26.2 Å². The number of hydrogen-bond donors (Lipinski definition) is 0. The predicted molar refractivity (Wildman–Crippen MR) is 210 cm³/mol. The van der Waals surface area contributed by atoms with Crippen molar-refractivity contribution in [1.29, 1.82) is 0 Å². The van der Waals surface area contributed by atoms with E-state index in [1.54, 1.807) is 0 Å². The van der Waals surface area contributed by atoms with Gasteiger partial charge in [-0.3, -0.25) is 0 Å². The number of nitrogens with zero attached hydrogens (tertiary/aromatic N) is 2. The summed E-state index contributed by atoms with van der Waals surface area (Å²) in [6.45, 7) is 13.7. The standard InChI is InChI=1S/C40H50N2S3/c1-5-9-25-41(26-10-6-2)33-19-13-31(14-20-33)17-23-35-29-37-39(43-35)40-38(45-37)30-36(44-40)24-18-32-15-21-34(22-16-32)42(27-11-7-3)28-12-8-4/h13-24,29-30H,5-12,25-28H2,1-4H3/b23-17+,24-18+. The van der Waals surface area contributed by atoms with Crippen molar-refractivity contribution >= 4 is 88.5 Å². The SMILES string of the molecule is CCCCN(CCCC)c1ccc(/C=C/c2cc3sc4cc(/C=C/c5ccc(N(CCCC)CCCC)cc5)sc4c3s2)cc1. The lowest BCUT2D eigenvalue weighted by molar-refractivity contribution is 0.678. The quantitative estimate of drug-likeness (QED) is 0.0927. The highest BCUT2D eigenvalue weighted by Gasteiger charge is 2.12. The zero-order valence-electron chi connectivity index (χ0n) is 27.7. The van der Waals surface area contributed by atoms with Crippen molar-refractivity contribution in [2.75, 3.05) is 36.0 Å². The molecule has 5 heteroatoms. The van der Waals surface area contributed by atoms with Crippen molar-refractivity contribution in [2.24, 2.45) is 0 Å². The Labute approximate surface area is 283 Å². The predicted octanol–water partition coefficient (Wildman–Crippen LogP) is 13.3. The van der Waals surface area contributed by atoms with Crippen LogP contribution in [-0.2, 0) is 0 Å². The molecule has 2 aromatic carbocycles. The molecule has 5 rings (SSSR count). The van der Waals surface area contributed by atoms with Crippen LogP contribution in [-0.4, -0.2) is 26.2 Å². The maximum absolute atomic E-state index is 2.55. The van der Waals surface area contributed by atoms with E-state index in [1.807, 2.05) is 34.0 Å². The topological polar surface area (TPSA) is 6.48 Å². The molecule has 3 heterocycles. The molecule has 0 bridgehead atoms. The Kier molecular flexibility index (Phi) is 12.8. The van der Waals surface area contributed by atoms with Crippen molar-refractivity contribution in [3.63, 3.8) is 0 Å². The first-order valence-corrected chi connectivity index (χ1v) is 19.6. The van der Waals surface area contributed by atoms with Crippen LogP contribution in [0, 0.1) is 0 Å². The number of hydrogen-bond acceptors (Lipinski definition) is 5. The fourth-order valence-corrected chi connectivity index (χ4v) is 9.47. The van der Waals surface area contributed by atoms with Crippen molar-refractivity contribution in [3.05, 3.63) is 81.5 Å². The van der Waals surface area contributed by atoms with Gasteiger partial charge in [0.05, 0.1) is 9.40 Å². The van der Waals surface area contributed by atoms with Gasteiger partial charge in [-0.1, -0.05) is 89.8 Å². The monoisotopic (exact) mass is 654 g/mol. The van der Waals surface area contributed by atoms with Crippen LogP contribution in [0.3, 0.4) is 0 Å². The maximum Gasteiger partial charge on any atom is 0.0635 e. The number of benzene rings is 2. The fourth-order valence-electron chi connectivity index (χ4n) is 5.62. The molecule has 0 saturated carbocycles. The Morgan fingerprint density at radius 1 is 0.467 bits per heavy atom. The number of fused-ring (bicyclic) bond motifs is 3. The molecule has 0 aliphatic carbocycles. The highest BCUT2D eigenvalue weighted by molar-refractivity contribution is 7.38. The first kappa shape index (κ1) is 33.5. The van der Waals surface area contributed by atoms with Crippen LogP contribution in [0.4, 0.5) is 11.4 Å². The van der Waals surface area contributed by atoms with Crippen LogP contribution in [0.2, 0.25) is 0 Å². The average molecular weight is 655 g/mol. The number of rotatable bonds is 18. The summed E-state index contributed by atoms with van der Waals surface area (Å²) in [6, 6.07) is 23.0. The molecule has 0 radical (unpaired) electrons. The summed E-state index contributed by atoms with van der Waals surface area (Å²) in [7, 11) is 0. The number of anilines is 2. The summed E-state index contributed by atoms with van der Waals surface area (Å²) in [5.41, 5.74) is 5.23. The highest BCUT2D eigenvalue weighted by Crippen LogP contribution is 2.44. The Balaban J connectivity index is 1.24. The van der Waals surface area contributed by atoms with E-state index in [1.165, 1.54) is 102 Å².